The van der Waals surface area contributed by atoms with E-state index in [2.05, 4.69) is 28.9 Å². The summed E-state index contributed by atoms with van der Waals surface area (Å²) in [5.41, 5.74) is 8.95. The molecule has 0 spiro atoms. The Bertz CT molecular complexity index is 1090. The fourth-order valence-electron chi connectivity index (χ4n) is 2.80. The number of aliphatic imine (C=N–C) groups is 1. The van der Waals surface area contributed by atoms with Crippen molar-refractivity contribution in [3.63, 3.8) is 0 Å². The highest BCUT2D eigenvalue weighted by atomic mass is 32.1. The highest BCUT2D eigenvalue weighted by molar-refractivity contribution is 7.16. The van der Waals surface area contributed by atoms with E-state index >= 15 is 0 Å². The maximum Gasteiger partial charge on any atom is 0.283 e. The summed E-state index contributed by atoms with van der Waals surface area (Å²) in [6.45, 7) is 4.25. The van der Waals surface area contributed by atoms with Crippen LogP contribution in [0.2, 0.25) is 0 Å². The fourth-order valence-corrected chi connectivity index (χ4v) is 3.90. The third kappa shape index (κ3) is 2.76. The predicted octanol–water partition coefficient (Wildman–Crippen LogP) is 3.19. The topological polar surface area (TPSA) is 85.6 Å². The minimum absolute atomic E-state index is 0.312. The minimum Gasteiger partial charge on any atom is -0.383 e. The first-order valence-electron chi connectivity index (χ1n) is 8.06. The van der Waals surface area contributed by atoms with E-state index in [1.165, 1.54) is 11.3 Å². The SMILES string of the molecule is CC(C)Cc1nn2c(N)c(/C=C3\C=Nc4ccccc43)c(=O)nc2s1. The Hall–Kier alpha value is -2.80. The van der Waals surface area contributed by atoms with Gasteiger partial charge in [-0.25, -0.2) is 0 Å². The molecule has 126 valence electrons. The molecule has 0 saturated carbocycles. The molecule has 25 heavy (non-hydrogen) atoms. The van der Waals surface area contributed by atoms with Crippen LogP contribution in [0.3, 0.4) is 0 Å². The molecule has 1 aromatic carbocycles. The number of nitrogens with two attached hydrogens (primary N) is 1. The van der Waals surface area contributed by atoms with Crippen molar-refractivity contribution in [2.75, 3.05) is 5.73 Å². The first-order chi connectivity index (χ1) is 12.0. The highest BCUT2D eigenvalue weighted by Crippen LogP contribution is 2.32. The monoisotopic (exact) mass is 351 g/mol. The third-order valence-corrected chi connectivity index (χ3v) is 4.90. The molecule has 3 aromatic rings. The van der Waals surface area contributed by atoms with E-state index in [1.807, 2.05) is 24.3 Å². The Balaban J connectivity index is 1.85. The molecular weight excluding hydrogens is 334 g/mol. The summed E-state index contributed by atoms with van der Waals surface area (Å²) in [5, 5.41) is 5.44. The lowest BCUT2D eigenvalue weighted by Crippen LogP contribution is -2.16. The molecule has 0 radical (unpaired) electrons. The number of hydrogen-bond donors (Lipinski definition) is 1. The molecule has 1 aliphatic rings. The second-order valence-electron chi connectivity index (χ2n) is 6.38. The van der Waals surface area contributed by atoms with Crippen molar-refractivity contribution in [2.45, 2.75) is 20.3 Å². The summed E-state index contributed by atoms with van der Waals surface area (Å²) in [6, 6.07) is 7.78. The summed E-state index contributed by atoms with van der Waals surface area (Å²) in [6.07, 6.45) is 4.32. The zero-order chi connectivity index (χ0) is 17.6. The van der Waals surface area contributed by atoms with Crippen LogP contribution < -0.4 is 11.3 Å². The van der Waals surface area contributed by atoms with Crippen LogP contribution in [-0.4, -0.2) is 20.8 Å². The van der Waals surface area contributed by atoms with Gasteiger partial charge in [-0.05, 0) is 18.1 Å². The molecular formula is C18H17N5OS. The second-order valence-corrected chi connectivity index (χ2v) is 7.42. The van der Waals surface area contributed by atoms with Crippen LogP contribution in [0.15, 0.2) is 34.1 Å². The van der Waals surface area contributed by atoms with Crippen molar-refractivity contribution >= 4 is 45.7 Å². The standard InChI is InChI=1S/C18H17N5OS/c1-10(2)7-15-22-23-16(19)13(17(24)21-18(23)25-15)8-11-9-20-14-6-4-3-5-12(11)14/h3-6,8-10H,7,19H2,1-2H3/b11-8+. The van der Waals surface area contributed by atoms with Crippen LogP contribution in [-0.2, 0) is 6.42 Å². The molecule has 0 amide bonds. The van der Waals surface area contributed by atoms with E-state index in [0.717, 1.165) is 28.3 Å². The lowest BCUT2D eigenvalue weighted by Gasteiger charge is -2.03. The Kier molecular flexibility index (Phi) is 3.73. The van der Waals surface area contributed by atoms with E-state index in [0.29, 0.717) is 22.3 Å². The Morgan fingerprint density at radius 3 is 2.92 bits per heavy atom. The summed E-state index contributed by atoms with van der Waals surface area (Å²) >= 11 is 1.41. The van der Waals surface area contributed by atoms with Crippen molar-refractivity contribution in [3.05, 3.63) is 50.8 Å². The number of nitrogen functional groups attached to an aromatic ring is 1. The largest absolute Gasteiger partial charge is 0.383 e. The molecule has 4 rings (SSSR count). The number of allylic oxidation sites excluding steroid dienone is 1. The zero-order valence-electron chi connectivity index (χ0n) is 13.9. The van der Waals surface area contributed by atoms with Gasteiger partial charge in [0.15, 0.2) is 0 Å². The van der Waals surface area contributed by atoms with Crippen LogP contribution in [0.25, 0.3) is 16.6 Å². The summed E-state index contributed by atoms with van der Waals surface area (Å²) in [7, 11) is 0. The molecule has 0 fully saturated rings. The van der Waals surface area contributed by atoms with Crippen molar-refractivity contribution in [3.8, 4) is 0 Å². The summed E-state index contributed by atoms with van der Waals surface area (Å²) in [5.74, 6) is 0.786. The van der Waals surface area contributed by atoms with Crippen molar-refractivity contribution in [1.82, 2.24) is 14.6 Å². The van der Waals surface area contributed by atoms with Crippen molar-refractivity contribution in [2.24, 2.45) is 10.9 Å². The second kappa shape index (κ2) is 5.93. The third-order valence-electron chi connectivity index (χ3n) is 3.97. The Morgan fingerprint density at radius 1 is 1.32 bits per heavy atom. The Labute approximate surface area is 148 Å². The van der Waals surface area contributed by atoms with Crippen molar-refractivity contribution < 1.29 is 0 Å². The van der Waals surface area contributed by atoms with Gasteiger partial charge in [0.2, 0.25) is 4.96 Å². The van der Waals surface area contributed by atoms with Gasteiger partial charge in [0.05, 0.1) is 11.3 Å². The zero-order valence-corrected chi connectivity index (χ0v) is 14.7. The minimum atomic E-state index is -0.345. The van der Waals surface area contributed by atoms with Gasteiger partial charge in [0.25, 0.3) is 5.56 Å². The predicted molar refractivity (Wildman–Crippen MR) is 103 cm³/mol. The number of rotatable bonds is 3. The van der Waals surface area contributed by atoms with Gasteiger partial charge in [0.1, 0.15) is 10.8 Å². The number of fused-ring (bicyclic) bond motifs is 2. The number of aromatic nitrogens is 3. The van der Waals surface area contributed by atoms with E-state index in [4.69, 9.17) is 5.73 Å². The summed E-state index contributed by atoms with van der Waals surface area (Å²) in [4.78, 5) is 21.5. The van der Waals surface area contributed by atoms with E-state index in [-0.39, 0.29) is 5.56 Å². The number of hydrogen-bond acceptors (Lipinski definition) is 6. The average molecular weight is 351 g/mol. The number of benzene rings is 1. The molecule has 7 heteroatoms. The van der Waals surface area contributed by atoms with Crippen LogP contribution in [0.5, 0.6) is 0 Å². The van der Waals surface area contributed by atoms with Gasteiger partial charge in [-0.2, -0.15) is 14.6 Å². The molecule has 0 atom stereocenters. The summed E-state index contributed by atoms with van der Waals surface area (Å²) < 4.78 is 1.56. The highest BCUT2D eigenvalue weighted by Gasteiger charge is 2.17. The normalized spacial score (nSPS) is 14.8. The Morgan fingerprint density at radius 2 is 2.12 bits per heavy atom. The van der Waals surface area contributed by atoms with Gasteiger partial charge in [-0.15, -0.1) is 0 Å². The van der Waals surface area contributed by atoms with E-state index in [9.17, 15) is 4.79 Å². The van der Waals surface area contributed by atoms with E-state index in [1.54, 1.807) is 16.8 Å². The quantitative estimate of drug-likeness (QED) is 0.785. The number of para-hydroxylation sites is 1. The molecule has 6 nitrogen and oxygen atoms in total. The fraction of sp³-hybridized carbons (Fsp3) is 0.222. The number of nitrogens with zero attached hydrogens (tertiary/aromatic N) is 4. The van der Waals surface area contributed by atoms with Gasteiger partial charge in [-0.3, -0.25) is 9.79 Å². The van der Waals surface area contributed by atoms with Crippen LogP contribution in [0.1, 0.15) is 30.0 Å². The maximum absolute atomic E-state index is 12.5. The lowest BCUT2D eigenvalue weighted by molar-refractivity contribution is 0.636. The van der Waals surface area contributed by atoms with E-state index < -0.39 is 0 Å². The average Bonchev–Trinajstić information content (AvgIpc) is 3.15. The molecule has 0 unspecified atom stereocenters. The first-order valence-corrected chi connectivity index (χ1v) is 8.88. The smallest absolute Gasteiger partial charge is 0.283 e. The molecule has 1 aliphatic heterocycles. The molecule has 2 aromatic heterocycles. The van der Waals surface area contributed by atoms with Gasteiger partial charge < -0.3 is 5.73 Å². The van der Waals surface area contributed by atoms with Crippen LogP contribution >= 0.6 is 11.3 Å². The first kappa shape index (κ1) is 15.7. The van der Waals surface area contributed by atoms with Crippen molar-refractivity contribution in [1.29, 1.82) is 0 Å². The molecule has 0 aliphatic carbocycles. The molecule has 0 bridgehead atoms. The van der Waals surface area contributed by atoms with Gasteiger partial charge >= 0.3 is 0 Å². The van der Waals surface area contributed by atoms with Gasteiger partial charge in [-0.1, -0.05) is 43.4 Å². The van der Waals surface area contributed by atoms with Crippen LogP contribution in [0, 0.1) is 5.92 Å². The maximum atomic E-state index is 12.5. The van der Waals surface area contributed by atoms with Gasteiger partial charge in [0, 0.05) is 23.8 Å². The van der Waals surface area contributed by atoms with Crippen LogP contribution in [0.4, 0.5) is 11.5 Å². The molecule has 2 N–H and O–H groups in total. The molecule has 0 saturated heterocycles. The molecule has 3 heterocycles. The lowest BCUT2D eigenvalue weighted by atomic mass is 10.1. The number of anilines is 1.